The van der Waals surface area contributed by atoms with E-state index in [9.17, 15) is 4.79 Å². The van der Waals surface area contributed by atoms with Gasteiger partial charge < -0.3 is 5.43 Å². The van der Waals surface area contributed by atoms with Crippen molar-refractivity contribution in [1.29, 1.82) is 0 Å². The smallest absolute Gasteiger partial charge is 0.277 e. The largest absolute Gasteiger partial charge is 0.308 e. The third-order valence-corrected chi connectivity index (χ3v) is 3.60. The van der Waals surface area contributed by atoms with Crippen LogP contribution in [0.2, 0.25) is 5.02 Å². The number of nitrogens with one attached hydrogen (secondary N) is 2. The number of thiazole rings is 1. The van der Waals surface area contributed by atoms with E-state index in [1.165, 1.54) is 17.4 Å². The Hall–Kier alpha value is -1.22. The molecule has 18 heavy (non-hydrogen) atoms. The summed E-state index contributed by atoms with van der Waals surface area (Å²) in [5, 5.41) is 3.29. The van der Waals surface area contributed by atoms with Crippen LogP contribution in [-0.4, -0.2) is 15.9 Å². The summed E-state index contributed by atoms with van der Waals surface area (Å²) in [6.45, 7) is 0. The predicted octanol–water partition coefficient (Wildman–Crippen LogP) is 2.49. The summed E-state index contributed by atoms with van der Waals surface area (Å²) in [6.07, 6.45) is 1.59. The van der Waals surface area contributed by atoms with Crippen LogP contribution in [0.4, 0.5) is 10.9 Å². The first-order chi connectivity index (χ1) is 8.60. The Bertz CT molecular complexity index is 590. The maximum atomic E-state index is 11.9. The molecule has 1 amide bonds. The molecule has 4 N–H and O–H groups in total. The number of carbonyl (C=O) groups excluding carboxylic acids is 1. The van der Waals surface area contributed by atoms with Gasteiger partial charge in [-0.25, -0.2) is 15.8 Å². The van der Waals surface area contributed by atoms with Crippen molar-refractivity contribution in [3.8, 4) is 0 Å². The minimum Gasteiger partial charge on any atom is -0.308 e. The molecule has 0 aliphatic carbocycles. The molecule has 0 aromatic carbocycles. The molecule has 0 spiro atoms. The lowest BCUT2D eigenvalue weighted by molar-refractivity contribution is 0.102. The van der Waals surface area contributed by atoms with Gasteiger partial charge in [-0.15, -0.1) is 0 Å². The summed E-state index contributed by atoms with van der Waals surface area (Å²) in [6, 6.07) is 3.11. The molecule has 94 valence electrons. The van der Waals surface area contributed by atoms with E-state index in [-0.39, 0.29) is 10.7 Å². The standard InChI is InChI=1S/C9H7BrClN5OS/c10-5-3-13-9(18-5)15-8(17)7-4(11)1-2-6(14-7)16-12/h1-3H,12H2,(H,14,16)(H,13,15,17). The van der Waals surface area contributed by atoms with Crippen molar-refractivity contribution < 1.29 is 4.79 Å². The fourth-order valence-corrected chi connectivity index (χ4v) is 2.44. The molecule has 0 saturated heterocycles. The summed E-state index contributed by atoms with van der Waals surface area (Å²) in [5.74, 6) is 5.13. The van der Waals surface area contributed by atoms with Gasteiger partial charge in [0.25, 0.3) is 5.91 Å². The number of rotatable bonds is 3. The highest BCUT2D eigenvalue weighted by atomic mass is 79.9. The van der Waals surface area contributed by atoms with Crippen LogP contribution >= 0.6 is 38.9 Å². The van der Waals surface area contributed by atoms with Crippen molar-refractivity contribution in [2.75, 3.05) is 10.7 Å². The SMILES string of the molecule is NNc1ccc(Cl)c(C(=O)Nc2ncc(Br)s2)n1. The summed E-state index contributed by atoms with van der Waals surface area (Å²) < 4.78 is 0.814. The Morgan fingerprint density at radius 1 is 1.50 bits per heavy atom. The van der Waals surface area contributed by atoms with E-state index in [2.05, 4.69) is 36.6 Å². The van der Waals surface area contributed by atoms with Gasteiger partial charge in [-0.05, 0) is 28.1 Å². The predicted molar refractivity (Wildman–Crippen MR) is 74.8 cm³/mol. The van der Waals surface area contributed by atoms with E-state index < -0.39 is 5.91 Å². The van der Waals surface area contributed by atoms with E-state index in [1.54, 1.807) is 12.3 Å². The van der Waals surface area contributed by atoms with Crippen LogP contribution in [0.5, 0.6) is 0 Å². The van der Waals surface area contributed by atoms with Crippen molar-refractivity contribution in [2.45, 2.75) is 0 Å². The highest BCUT2D eigenvalue weighted by Gasteiger charge is 2.14. The van der Waals surface area contributed by atoms with E-state index in [1.807, 2.05) is 0 Å². The Morgan fingerprint density at radius 3 is 2.89 bits per heavy atom. The van der Waals surface area contributed by atoms with Gasteiger partial charge in [0.1, 0.15) is 11.5 Å². The number of nitrogens with zero attached hydrogens (tertiary/aromatic N) is 2. The minimum absolute atomic E-state index is 0.0819. The zero-order valence-electron chi connectivity index (χ0n) is 8.78. The molecule has 0 unspecified atom stereocenters. The second-order valence-corrected chi connectivity index (χ2v) is 5.91. The molecule has 0 aliphatic heterocycles. The molecule has 0 bridgehead atoms. The third-order valence-electron chi connectivity index (χ3n) is 1.91. The first-order valence-electron chi connectivity index (χ1n) is 4.66. The number of halogens is 2. The van der Waals surface area contributed by atoms with Gasteiger partial charge in [0.2, 0.25) is 0 Å². The Balaban J connectivity index is 2.23. The summed E-state index contributed by atoms with van der Waals surface area (Å²) in [4.78, 5) is 19.9. The molecule has 0 radical (unpaired) electrons. The molecular formula is C9H7BrClN5OS. The van der Waals surface area contributed by atoms with Crippen molar-refractivity contribution in [3.63, 3.8) is 0 Å². The molecular weight excluding hydrogens is 342 g/mol. The summed E-state index contributed by atoms with van der Waals surface area (Å²) in [5.41, 5.74) is 2.43. The van der Waals surface area contributed by atoms with E-state index in [0.717, 1.165) is 3.79 Å². The van der Waals surface area contributed by atoms with Gasteiger partial charge in [0, 0.05) is 0 Å². The molecule has 0 atom stereocenters. The second kappa shape index (κ2) is 5.61. The van der Waals surface area contributed by atoms with Gasteiger partial charge in [0.05, 0.1) is 15.0 Å². The average molecular weight is 349 g/mol. The fraction of sp³-hybridized carbons (Fsp3) is 0. The second-order valence-electron chi connectivity index (χ2n) is 3.09. The van der Waals surface area contributed by atoms with E-state index in [0.29, 0.717) is 10.9 Å². The van der Waals surface area contributed by atoms with Crippen molar-refractivity contribution in [2.24, 2.45) is 5.84 Å². The van der Waals surface area contributed by atoms with Crippen molar-refractivity contribution in [1.82, 2.24) is 9.97 Å². The van der Waals surface area contributed by atoms with Gasteiger partial charge in [-0.3, -0.25) is 10.1 Å². The lowest BCUT2D eigenvalue weighted by Gasteiger charge is -2.05. The molecule has 0 saturated carbocycles. The monoisotopic (exact) mass is 347 g/mol. The van der Waals surface area contributed by atoms with Crippen LogP contribution < -0.4 is 16.6 Å². The molecule has 6 nitrogen and oxygen atoms in total. The van der Waals surface area contributed by atoms with Gasteiger partial charge in [0.15, 0.2) is 5.13 Å². The number of nitrogen functional groups attached to an aromatic ring is 1. The van der Waals surface area contributed by atoms with Crippen LogP contribution in [0.15, 0.2) is 22.1 Å². The van der Waals surface area contributed by atoms with Crippen LogP contribution in [0.25, 0.3) is 0 Å². The van der Waals surface area contributed by atoms with Gasteiger partial charge in [-0.2, -0.15) is 0 Å². The number of hydrazine groups is 1. The van der Waals surface area contributed by atoms with Crippen LogP contribution in [0, 0.1) is 0 Å². The Kier molecular flexibility index (Phi) is 4.12. The number of anilines is 2. The molecule has 2 rings (SSSR count). The number of hydrogen-bond donors (Lipinski definition) is 3. The average Bonchev–Trinajstić information content (AvgIpc) is 2.75. The Morgan fingerprint density at radius 2 is 2.28 bits per heavy atom. The van der Waals surface area contributed by atoms with Gasteiger partial charge >= 0.3 is 0 Å². The zero-order valence-corrected chi connectivity index (χ0v) is 11.9. The number of hydrogen-bond acceptors (Lipinski definition) is 6. The maximum absolute atomic E-state index is 11.9. The highest BCUT2D eigenvalue weighted by molar-refractivity contribution is 9.11. The lowest BCUT2D eigenvalue weighted by atomic mass is 10.3. The number of pyridine rings is 1. The minimum atomic E-state index is -0.445. The third kappa shape index (κ3) is 2.96. The first-order valence-corrected chi connectivity index (χ1v) is 6.64. The van der Waals surface area contributed by atoms with Crippen molar-refractivity contribution in [3.05, 3.63) is 32.8 Å². The molecule has 0 fully saturated rings. The molecule has 0 aliphatic rings. The normalized spacial score (nSPS) is 10.2. The lowest BCUT2D eigenvalue weighted by Crippen LogP contribution is -2.16. The maximum Gasteiger partial charge on any atom is 0.277 e. The number of amides is 1. The first kappa shape index (κ1) is 13.2. The zero-order chi connectivity index (χ0) is 13.1. The fourth-order valence-electron chi connectivity index (χ4n) is 1.15. The summed E-state index contributed by atoms with van der Waals surface area (Å²) in [7, 11) is 0. The topological polar surface area (TPSA) is 92.9 Å². The molecule has 2 aromatic heterocycles. The quantitative estimate of drug-likeness (QED) is 0.585. The Labute approximate surface area is 120 Å². The highest BCUT2D eigenvalue weighted by Crippen LogP contribution is 2.24. The van der Waals surface area contributed by atoms with E-state index >= 15 is 0 Å². The number of carbonyl (C=O) groups is 1. The molecule has 2 heterocycles. The van der Waals surface area contributed by atoms with Crippen LogP contribution in [0.3, 0.4) is 0 Å². The molecule has 2 aromatic rings. The van der Waals surface area contributed by atoms with Crippen LogP contribution in [0.1, 0.15) is 10.5 Å². The van der Waals surface area contributed by atoms with Gasteiger partial charge in [-0.1, -0.05) is 22.9 Å². The van der Waals surface area contributed by atoms with Crippen LogP contribution in [-0.2, 0) is 0 Å². The summed E-state index contributed by atoms with van der Waals surface area (Å²) >= 11 is 10.4. The van der Waals surface area contributed by atoms with E-state index in [4.69, 9.17) is 17.4 Å². The number of nitrogens with two attached hydrogens (primary N) is 1. The number of aromatic nitrogens is 2. The molecule has 9 heteroatoms. The van der Waals surface area contributed by atoms with Crippen molar-refractivity contribution >= 4 is 55.7 Å².